The lowest BCUT2D eigenvalue weighted by atomic mass is 10.3. The molecule has 5 nitrogen and oxygen atoms in total. The Hall–Kier alpha value is -1.11. The third-order valence-corrected chi connectivity index (χ3v) is 2.62. The number of hydrogen-bond acceptors (Lipinski definition) is 5. The zero-order valence-electron chi connectivity index (χ0n) is 6.88. The van der Waals surface area contributed by atoms with Crippen LogP contribution in [0, 0.1) is 0 Å². The van der Waals surface area contributed by atoms with E-state index < -0.39 is 9.84 Å². The van der Waals surface area contributed by atoms with Gasteiger partial charge in [0.25, 0.3) is 0 Å². The van der Waals surface area contributed by atoms with Crippen LogP contribution in [0.25, 0.3) is 0 Å². The van der Waals surface area contributed by atoms with Gasteiger partial charge in [0.05, 0.1) is 10.6 Å². The highest BCUT2D eigenvalue weighted by Crippen LogP contribution is 2.15. The number of rotatable bonds is 2. The number of hydrogen-bond donors (Lipinski definition) is 2. The van der Waals surface area contributed by atoms with Crippen LogP contribution >= 0.6 is 0 Å². The van der Waals surface area contributed by atoms with E-state index >= 15 is 0 Å². The summed E-state index contributed by atoms with van der Waals surface area (Å²) < 4.78 is 22.0. The predicted octanol–water partition coefficient (Wildman–Crippen LogP) is 0.675. The molecular formula is C7H9NO4S. The summed E-state index contributed by atoms with van der Waals surface area (Å²) in [7, 11) is -3.23. The molecule has 2 N–H and O–H groups in total. The molecule has 0 atom stereocenters. The highest BCUT2D eigenvalue weighted by Gasteiger charge is 2.07. The highest BCUT2D eigenvalue weighted by molar-refractivity contribution is 7.90. The Kier molecular flexibility index (Phi) is 2.55. The average Bonchev–Trinajstić information content (AvgIpc) is 2.03. The first-order valence-corrected chi connectivity index (χ1v) is 5.28. The predicted molar refractivity (Wildman–Crippen MR) is 45.6 cm³/mol. The Morgan fingerprint density at radius 2 is 1.62 bits per heavy atom. The molecule has 0 aliphatic carbocycles. The molecule has 0 saturated heterocycles. The highest BCUT2D eigenvalue weighted by atomic mass is 32.2. The van der Waals surface area contributed by atoms with Gasteiger partial charge in [-0.1, -0.05) is 0 Å². The van der Waals surface area contributed by atoms with E-state index in [2.05, 4.69) is 0 Å². The van der Waals surface area contributed by atoms with E-state index in [1.54, 1.807) is 0 Å². The molecule has 1 aromatic carbocycles. The van der Waals surface area contributed by atoms with Crippen LogP contribution in [0.1, 0.15) is 0 Å². The van der Waals surface area contributed by atoms with Crippen LogP contribution < -0.4 is 5.23 Å². The van der Waals surface area contributed by atoms with Crippen molar-refractivity contribution in [2.24, 2.45) is 0 Å². The standard InChI is InChI=1S/C7H9NO4S/c1-13(11,12)7-4-2-6(3-5-7)8(9)10/h2-5,9-10H,1H3. The van der Waals surface area contributed by atoms with Gasteiger partial charge in [0.2, 0.25) is 0 Å². The van der Waals surface area contributed by atoms with Crippen molar-refractivity contribution >= 4 is 15.5 Å². The minimum absolute atomic E-state index is 0.0773. The number of anilines is 1. The van der Waals surface area contributed by atoms with E-state index in [1.807, 2.05) is 0 Å². The molecule has 0 saturated carbocycles. The normalized spacial score (nSPS) is 11.3. The van der Waals surface area contributed by atoms with Crippen molar-refractivity contribution in [2.75, 3.05) is 11.5 Å². The fourth-order valence-corrected chi connectivity index (χ4v) is 1.46. The van der Waals surface area contributed by atoms with Gasteiger partial charge in [-0.3, -0.25) is 10.4 Å². The summed E-state index contributed by atoms with van der Waals surface area (Å²) in [5, 5.41) is 17.0. The van der Waals surface area contributed by atoms with E-state index in [9.17, 15) is 8.42 Å². The third-order valence-electron chi connectivity index (χ3n) is 1.50. The van der Waals surface area contributed by atoms with E-state index in [4.69, 9.17) is 10.4 Å². The van der Waals surface area contributed by atoms with Gasteiger partial charge < -0.3 is 0 Å². The van der Waals surface area contributed by atoms with Gasteiger partial charge in [-0.15, -0.1) is 5.23 Å². The topological polar surface area (TPSA) is 77.8 Å². The minimum atomic E-state index is -3.23. The maximum atomic E-state index is 11.0. The fraction of sp³-hybridized carbons (Fsp3) is 0.143. The average molecular weight is 203 g/mol. The van der Waals surface area contributed by atoms with Crippen LogP contribution in [0.5, 0.6) is 0 Å². The van der Waals surface area contributed by atoms with Crippen molar-refractivity contribution in [1.82, 2.24) is 0 Å². The second-order valence-corrected chi connectivity index (χ2v) is 4.57. The van der Waals surface area contributed by atoms with Crippen molar-refractivity contribution in [1.29, 1.82) is 0 Å². The molecule has 0 heterocycles. The molecule has 0 aromatic heterocycles. The molecule has 0 radical (unpaired) electrons. The maximum Gasteiger partial charge on any atom is 0.175 e. The Bertz CT molecular complexity index is 381. The largest absolute Gasteiger partial charge is 0.264 e. The summed E-state index contributed by atoms with van der Waals surface area (Å²) in [6, 6.07) is 5.17. The van der Waals surface area contributed by atoms with Crippen molar-refractivity contribution in [3.8, 4) is 0 Å². The number of benzene rings is 1. The summed E-state index contributed by atoms with van der Waals surface area (Å²) in [5.74, 6) is 0. The summed E-state index contributed by atoms with van der Waals surface area (Å²) in [6.07, 6.45) is 1.08. The Labute approximate surface area is 75.7 Å². The zero-order valence-corrected chi connectivity index (χ0v) is 7.69. The fourth-order valence-electron chi connectivity index (χ4n) is 0.827. The first-order valence-electron chi connectivity index (χ1n) is 3.39. The monoisotopic (exact) mass is 203 g/mol. The quantitative estimate of drug-likeness (QED) is 0.691. The minimum Gasteiger partial charge on any atom is -0.264 e. The molecule has 1 aromatic rings. The molecule has 0 aliphatic heterocycles. The molecular weight excluding hydrogens is 194 g/mol. The van der Waals surface area contributed by atoms with E-state index in [-0.39, 0.29) is 15.8 Å². The molecule has 0 aliphatic rings. The second kappa shape index (κ2) is 3.33. The second-order valence-electron chi connectivity index (χ2n) is 2.56. The van der Waals surface area contributed by atoms with Crippen LogP contribution in [-0.4, -0.2) is 25.1 Å². The van der Waals surface area contributed by atoms with Crippen LogP contribution in [0.15, 0.2) is 29.2 Å². The van der Waals surface area contributed by atoms with Gasteiger partial charge >= 0.3 is 0 Å². The lowest BCUT2D eigenvalue weighted by Gasteiger charge is -2.07. The van der Waals surface area contributed by atoms with Crippen LogP contribution in [0.3, 0.4) is 0 Å². The SMILES string of the molecule is CS(=O)(=O)c1ccc(N(O)O)cc1. The van der Waals surface area contributed by atoms with Gasteiger partial charge in [0.15, 0.2) is 9.84 Å². The summed E-state index contributed by atoms with van der Waals surface area (Å²) in [6.45, 7) is 0. The zero-order chi connectivity index (χ0) is 10.1. The number of sulfone groups is 1. The first-order chi connectivity index (χ1) is 5.91. The van der Waals surface area contributed by atoms with E-state index in [1.165, 1.54) is 24.3 Å². The summed E-state index contributed by atoms with van der Waals surface area (Å²) >= 11 is 0. The first kappa shape index (κ1) is 9.97. The Morgan fingerprint density at radius 3 is 1.92 bits per heavy atom. The van der Waals surface area contributed by atoms with Gasteiger partial charge in [-0.2, -0.15) is 0 Å². The molecule has 0 spiro atoms. The molecule has 6 heteroatoms. The molecule has 72 valence electrons. The summed E-state index contributed by atoms with van der Waals surface area (Å²) in [4.78, 5) is 0.137. The van der Waals surface area contributed by atoms with Crippen molar-refractivity contribution in [3.05, 3.63) is 24.3 Å². The van der Waals surface area contributed by atoms with Crippen molar-refractivity contribution in [2.45, 2.75) is 4.90 Å². The van der Waals surface area contributed by atoms with E-state index in [0.717, 1.165) is 6.26 Å². The smallest absolute Gasteiger partial charge is 0.175 e. The number of nitrogens with zero attached hydrogens (tertiary/aromatic N) is 1. The molecule has 0 unspecified atom stereocenters. The van der Waals surface area contributed by atoms with Gasteiger partial charge in [0.1, 0.15) is 0 Å². The molecule has 0 amide bonds. The van der Waals surface area contributed by atoms with E-state index in [0.29, 0.717) is 0 Å². The summed E-state index contributed by atoms with van der Waals surface area (Å²) in [5.41, 5.74) is 0.104. The molecule has 1 rings (SSSR count). The van der Waals surface area contributed by atoms with Crippen LogP contribution in [-0.2, 0) is 9.84 Å². The molecule has 0 fully saturated rings. The van der Waals surface area contributed by atoms with Crippen molar-refractivity contribution in [3.63, 3.8) is 0 Å². The molecule has 0 bridgehead atoms. The van der Waals surface area contributed by atoms with Crippen LogP contribution in [0.4, 0.5) is 5.69 Å². The lowest BCUT2D eigenvalue weighted by molar-refractivity contribution is 0.0291. The third kappa shape index (κ3) is 2.41. The Morgan fingerprint density at radius 1 is 1.15 bits per heavy atom. The van der Waals surface area contributed by atoms with Crippen molar-refractivity contribution < 1.29 is 18.8 Å². The molecule has 13 heavy (non-hydrogen) atoms. The Balaban J connectivity index is 3.08. The van der Waals surface area contributed by atoms with Gasteiger partial charge in [-0.05, 0) is 24.3 Å². The lowest BCUT2D eigenvalue weighted by Crippen LogP contribution is -2.10. The van der Waals surface area contributed by atoms with Crippen LogP contribution in [0.2, 0.25) is 0 Å². The maximum absolute atomic E-state index is 11.0. The van der Waals surface area contributed by atoms with Gasteiger partial charge in [0, 0.05) is 6.26 Å². The van der Waals surface area contributed by atoms with Gasteiger partial charge in [-0.25, -0.2) is 8.42 Å².